The molecule has 0 atom stereocenters. The summed E-state index contributed by atoms with van der Waals surface area (Å²) in [5.41, 5.74) is 7.35. The van der Waals surface area contributed by atoms with Crippen LogP contribution in [0.1, 0.15) is 16.7 Å². The Hall–Kier alpha value is -7.70. The first-order valence-electron chi connectivity index (χ1n) is 21.3. The highest BCUT2D eigenvalue weighted by Crippen LogP contribution is 2.49. The Morgan fingerprint density at radius 1 is 0.477 bits per heavy atom. The summed E-state index contributed by atoms with van der Waals surface area (Å²) in [7, 11) is 0. The molecule has 0 radical (unpaired) electrons. The third-order valence-electron chi connectivity index (χ3n) is 13.1. The highest BCUT2D eigenvalue weighted by molar-refractivity contribution is 7.27. The number of benzene rings is 9. The van der Waals surface area contributed by atoms with Crippen molar-refractivity contribution in [2.24, 2.45) is 0 Å². The first kappa shape index (κ1) is 37.8. The molecule has 0 N–H and O–H groups in total. The van der Waals surface area contributed by atoms with E-state index >= 15 is 0 Å². The highest BCUT2D eigenvalue weighted by atomic mass is 32.1. The highest BCUT2D eigenvalue weighted by Gasteiger charge is 2.35. The molecule has 65 heavy (non-hydrogen) atoms. The van der Waals surface area contributed by atoms with E-state index in [4.69, 9.17) is 0 Å². The van der Waals surface area contributed by atoms with Crippen LogP contribution in [0.3, 0.4) is 0 Å². The SMILES string of the molecule is Cc1cccc(C(F)(F)F)c1-c1ccc(-n2c3ccccc3c3c4sc5ccccc5c4ccc32)c(-c2c(C#N)cccc2-n2c3ccccc3c3c4sc5ccccc5c4ccc32)c1. The number of nitriles is 1. The molecule has 13 aromatic rings. The van der Waals surface area contributed by atoms with E-state index in [0.717, 1.165) is 61.1 Å². The maximum atomic E-state index is 15.0. The molecule has 9 aromatic carbocycles. The van der Waals surface area contributed by atoms with Gasteiger partial charge in [-0.1, -0.05) is 109 Å². The smallest absolute Gasteiger partial charge is 0.309 e. The Morgan fingerprint density at radius 3 is 1.60 bits per heavy atom. The van der Waals surface area contributed by atoms with Crippen molar-refractivity contribution in [1.82, 2.24) is 9.13 Å². The van der Waals surface area contributed by atoms with Crippen molar-refractivity contribution in [3.8, 4) is 39.7 Å². The molecule has 308 valence electrons. The second-order valence-electron chi connectivity index (χ2n) is 16.6. The van der Waals surface area contributed by atoms with Gasteiger partial charge in [-0.05, 0) is 90.3 Å². The number of rotatable bonds is 4. The molecule has 4 aromatic heterocycles. The fraction of sp³-hybridized carbons (Fsp3) is 0.0351. The number of thiophene rings is 2. The molecule has 0 fully saturated rings. The predicted octanol–water partition coefficient (Wildman–Crippen LogP) is 17.1. The number of hydrogen-bond acceptors (Lipinski definition) is 3. The molecule has 0 spiro atoms. The van der Waals surface area contributed by atoms with Crippen LogP contribution in [0.4, 0.5) is 13.2 Å². The van der Waals surface area contributed by atoms with E-state index in [-0.39, 0.29) is 5.56 Å². The second kappa shape index (κ2) is 13.9. The summed E-state index contributed by atoms with van der Waals surface area (Å²) >= 11 is 3.54. The minimum absolute atomic E-state index is 0.113. The number of alkyl halides is 3. The van der Waals surface area contributed by atoms with Gasteiger partial charge in [0.2, 0.25) is 0 Å². The zero-order chi connectivity index (χ0) is 43.7. The van der Waals surface area contributed by atoms with Gasteiger partial charge < -0.3 is 9.13 Å². The van der Waals surface area contributed by atoms with Crippen molar-refractivity contribution in [1.29, 1.82) is 5.26 Å². The number of nitrogens with zero attached hydrogens (tertiary/aromatic N) is 3. The Morgan fingerprint density at radius 2 is 1.02 bits per heavy atom. The van der Waals surface area contributed by atoms with Gasteiger partial charge in [-0.15, -0.1) is 22.7 Å². The normalized spacial score (nSPS) is 12.3. The van der Waals surface area contributed by atoms with Gasteiger partial charge in [0.05, 0.1) is 50.6 Å². The summed E-state index contributed by atoms with van der Waals surface area (Å²) in [5.74, 6) is 0. The van der Waals surface area contributed by atoms with Crippen LogP contribution in [0.2, 0.25) is 0 Å². The molecule has 0 aliphatic rings. The lowest BCUT2D eigenvalue weighted by molar-refractivity contribution is -0.137. The van der Waals surface area contributed by atoms with E-state index < -0.39 is 11.7 Å². The van der Waals surface area contributed by atoms with Crippen molar-refractivity contribution in [2.45, 2.75) is 13.1 Å². The summed E-state index contributed by atoms with van der Waals surface area (Å²) in [6, 6.07) is 60.6. The summed E-state index contributed by atoms with van der Waals surface area (Å²) in [4.78, 5) is 0. The molecule has 8 heteroatoms. The van der Waals surface area contributed by atoms with Crippen molar-refractivity contribution in [2.75, 3.05) is 0 Å². The van der Waals surface area contributed by atoms with Gasteiger partial charge in [0.1, 0.15) is 0 Å². The number of para-hydroxylation sites is 2. The number of fused-ring (bicyclic) bond motifs is 14. The number of aryl methyl sites for hydroxylation is 1. The van der Waals surface area contributed by atoms with Gasteiger partial charge in [-0.2, -0.15) is 18.4 Å². The molecule has 13 rings (SSSR count). The van der Waals surface area contributed by atoms with Gasteiger partial charge in [0, 0.05) is 73.0 Å². The topological polar surface area (TPSA) is 33.6 Å². The number of halogens is 3. The van der Waals surface area contributed by atoms with Crippen LogP contribution in [0.25, 0.3) is 118 Å². The molecule has 0 saturated heterocycles. The minimum Gasteiger partial charge on any atom is -0.309 e. The number of aromatic nitrogens is 2. The molecule has 0 unspecified atom stereocenters. The molecular weight excluding hydrogens is 848 g/mol. The van der Waals surface area contributed by atoms with E-state index in [1.807, 2.05) is 48.5 Å². The lowest BCUT2D eigenvalue weighted by Gasteiger charge is -2.22. The van der Waals surface area contributed by atoms with Crippen LogP contribution in [-0.2, 0) is 6.18 Å². The molecule has 0 aliphatic heterocycles. The largest absolute Gasteiger partial charge is 0.417 e. The van der Waals surface area contributed by atoms with Crippen LogP contribution >= 0.6 is 22.7 Å². The average molecular weight is 880 g/mol. The standard InChI is InChI=1S/C57H32F3N3S2/c1-32-12-10-18-42(57(58,59)60)51(32)33-24-27-45(62-43-19-6-2-16-39(43)53-47(62)28-25-37-35-14-4-8-22-49(35)64-55(37)53)41(30-33)52-34(31-61)13-11-21-46(52)63-44-20-7-3-17-40(44)54-48(63)29-26-38-36-15-5-9-23-50(36)65-56(38)54/h2-30H,1H3. The van der Waals surface area contributed by atoms with Crippen LogP contribution in [0.5, 0.6) is 0 Å². The number of hydrogen-bond donors (Lipinski definition) is 0. The molecule has 0 aliphatic carbocycles. The molecule has 0 saturated carbocycles. The predicted molar refractivity (Wildman–Crippen MR) is 266 cm³/mol. The van der Waals surface area contributed by atoms with E-state index in [2.05, 4.69) is 124 Å². The Bertz CT molecular complexity index is 4210. The first-order chi connectivity index (χ1) is 31.8. The zero-order valence-electron chi connectivity index (χ0n) is 34.5. The van der Waals surface area contributed by atoms with Crippen molar-refractivity contribution < 1.29 is 13.2 Å². The molecule has 4 heterocycles. The Labute approximate surface area is 377 Å². The van der Waals surface area contributed by atoms with Gasteiger partial charge in [-0.25, -0.2) is 0 Å². The third-order valence-corrected chi connectivity index (χ3v) is 15.5. The van der Waals surface area contributed by atoms with Crippen molar-refractivity contribution in [3.05, 3.63) is 193 Å². The van der Waals surface area contributed by atoms with E-state index in [1.165, 1.54) is 46.4 Å². The maximum absolute atomic E-state index is 15.0. The Balaban J connectivity index is 1.18. The monoisotopic (exact) mass is 879 g/mol. The lowest BCUT2D eigenvalue weighted by Crippen LogP contribution is -2.08. The molecule has 0 bridgehead atoms. The molecule has 3 nitrogen and oxygen atoms in total. The van der Waals surface area contributed by atoms with Crippen LogP contribution in [0.15, 0.2) is 176 Å². The summed E-state index contributed by atoms with van der Waals surface area (Å²) in [5, 5.41) is 20.3. The fourth-order valence-corrected chi connectivity index (χ4v) is 13.0. The maximum Gasteiger partial charge on any atom is 0.417 e. The zero-order valence-corrected chi connectivity index (χ0v) is 36.2. The third kappa shape index (κ3) is 5.40. The molecular formula is C57H32F3N3S2. The van der Waals surface area contributed by atoms with Gasteiger partial charge in [0.25, 0.3) is 0 Å². The van der Waals surface area contributed by atoms with E-state index in [1.54, 1.807) is 35.7 Å². The summed E-state index contributed by atoms with van der Waals surface area (Å²) in [6.45, 7) is 1.73. The minimum atomic E-state index is -4.60. The fourth-order valence-electron chi connectivity index (χ4n) is 10.5. The van der Waals surface area contributed by atoms with Crippen LogP contribution < -0.4 is 0 Å². The average Bonchev–Trinajstić information content (AvgIpc) is 4.08. The van der Waals surface area contributed by atoms with Crippen LogP contribution in [0, 0.1) is 18.3 Å². The lowest BCUT2D eigenvalue weighted by atomic mass is 9.89. The Kier molecular flexibility index (Phi) is 8.09. The van der Waals surface area contributed by atoms with E-state index in [9.17, 15) is 18.4 Å². The second-order valence-corrected chi connectivity index (χ2v) is 18.7. The quantitative estimate of drug-likeness (QED) is 0.173. The van der Waals surface area contributed by atoms with Gasteiger partial charge >= 0.3 is 6.18 Å². The van der Waals surface area contributed by atoms with E-state index in [0.29, 0.717) is 27.8 Å². The molecule has 0 amide bonds. The van der Waals surface area contributed by atoms with Gasteiger partial charge in [-0.3, -0.25) is 0 Å². The van der Waals surface area contributed by atoms with Gasteiger partial charge in [0.15, 0.2) is 0 Å². The first-order valence-corrected chi connectivity index (χ1v) is 22.9. The van der Waals surface area contributed by atoms with Crippen LogP contribution in [-0.4, -0.2) is 9.13 Å². The summed E-state index contributed by atoms with van der Waals surface area (Å²) in [6.07, 6.45) is -4.60. The summed E-state index contributed by atoms with van der Waals surface area (Å²) < 4.78 is 54.2. The van der Waals surface area contributed by atoms with Crippen molar-refractivity contribution >= 4 is 107 Å². The van der Waals surface area contributed by atoms with Crippen molar-refractivity contribution in [3.63, 3.8) is 0 Å².